The van der Waals surface area contributed by atoms with Crippen molar-refractivity contribution in [1.29, 1.82) is 0 Å². The second kappa shape index (κ2) is 7.78. The van der Waals surface area contributed by atoms with E-state index in [1.807, 2.05) is 24.3 Å². The molecular formula is C16H18BrN3O3S. The van der Waals surface area contributed by atoms with Crippen LogP contribution in [0.2, 0.25) is 0 Å². The van der Waals surface area contributed by atoms with E-state index in [-0.39, 0.29) is 17.3 Å². The topological polar surface area (TPSA) is 78.5 Å². The Labute approximate surface area is 150 Å². The van der Waals surface area contributed by atoms with E-state index < -0.39 is 10.0 Å². The summed E-state index contributed by atoms with van der Waals surface area (Å²) >= 11 is 3.36. The Balaban J connectivity index is 1.95. The molecule has 0 aromatic heterocycles. The van der Waals surface area contributed by atoms with Crippen LogP contribution in [0.15, 0.2) is 57.9 Å². The standard InChI is InChI=1S/C16H18BrN3O3S/c1-20(2)24(22,23)15-8-6-13(7-9-15)19-16(21)11-18-14-5-3-4-12(17)10-14/h3-10,18H,11H2,1-2H3,(H,19,21). The van der Waals surface area contributed by atoms with E-state index in [4.69, 9.17) is 0 Å². The number of amides is 1. The highest BCUT2D eigenvalue weighted by atomic mass is 79.9. The molecular weight excluding hydrogens is 394 g/mol. The fraction of sp³-hybridized carbons (Fsp3) is 0.188. The molecule has 0 bridgehead atoms. The average Bonchev–Trinajstić information content (AvgIpc) is 2.53. The lowest BCUT2D eigenvalue weighted by molar-refractivity contribution is -0.114. The maximum absolute atomic E-state index is 12.0. The Kier molecular flexibility index (Phi) is 5.98. The van der Waals surface area contributed by atoms with Gasteiger partial charge in [-0.15, -0.1) is 0 Å². The fourth-order valence-electron chi connectivity index (χ4n) is 1.91. The van der Waals surface area contributed by atoms with Crippen molar-refractivity contribution < 1.29 is 13.2 Å². The van der Waals surface area contributed by atoms with Gasteiger partial charge in [0.05, 0.1) is 11.4 Å². The minimum Gasteiger partial charge on any atom is -0.376 e. The second-order valence-electron chi connectivity index (χ2n) is 5.22. The van der Waals surface area contributed by atoms with Crippen molar-refractivity contribution in [2.75, 3.05) is 31.3 Å². The van der Waals surface area contributed by atoms with Gasteiger partial charge in [-0.05, 0) is 42.5 Å². The SMILES string of the molecule is CN(C)S(=O)(=O)c1ccc(NC(=O)CNc2cccc(Br)c2)cc1. The summed E-state index contributed by atoms with van der Waals surface area (Å²) in [6.07, 6.45) is 0. The van der Waals surface area contributed by atoms with Crippen LogP contribution in [0.3, 0.4) is 0 Å². The molecule has 0 spiro atoms. The molecule has 0 unspecified atom stereocenters. The van der Waals surface area contributed by atoms with Crippen molar-refractivity contribution in [2.24, 2.45) is 0 Å². The van der Waals surface area contributed by atoms with Gasteiger partial charge < -0.3 is 10.6 Å². The molecule has 1 amide bonds. The van der Waals surface area contributed by atoms with Crippen molar-refractivity contribution in [2.45, 2.75) is 4.90 Å². The van der Waals surface area contributed by atoms with Crippen molar-refractivity contribution in [3.05, 3.63) is 53.0 Å². The molecule has 2 aromatic rings. The van der Waals surface area contributed by atoms with Gasteiger partial charge in [-0.3, -0.25) is 4.79 Å². The molecule has 0 aliphatic rings. The van der Waals surface area contributed by atoms with Gasteiger partial charge >= 0.3 is 0 Å². The van der Waals surface area contributed by atoms with Crippen LogP contribution in [0.1, 0.15) is 0 Å². The number of carbonyl (C=O) groups is 1. The van der Waals surface area contributed by atoms with Crippen molar-refractivity contribution >= 4 is 43.2 Å². The predicted octanol–water partition coefficient (Wildman–Crippen LogP) is 2.75. The molecule has 0 aliphatic carbocycles. The fourth-order valence-corrected chi connectivity index (χ4v) is 3.21. The van der Waals surface area contributed by atoms with Crippen LogP contribution in [-0.4, -0.2) is 39.3 Å². The Morgan fingerprint density at radius 1 is 1.08 bits per heavy atom. The molecule has 0 radical (unpaired) electrons. The molecule has 0 atom stereocenters. The molecule has 0 aliphatic heterocycles. The van der Waals surface area contributed by atoms with E-state index in [0.717, 1.165) is 14.5 Å². The van der Waals surface area contributed by atoms with Crippen LogP contribution >= 0.6 is 15.9 Å². The van der Waals surface area contributed by atoms with Crippen molar-refractivity contribution in [3.63, 3.8) is 0 Å². The van der Waals surface area contributed by atoms with E-state index in [1.165, 1.54) is 26.2 Å². The number of anilines is 2. The minimum absolute atomic E-state index is 0.105. The summed E-state index contributed by atoms with van der Waals surface area (Å²) in [4.78, 5) is 12.1. The summed E-state index contributed by atoms with van der Waals surface area (Å²) < 4.78 is 26.0. The normalized spacial score (nSPS) is 11.3. The Morgan fingerprint density at radius 3 is 2.33 bits per heavy atom. The maximum Gasteiger partial charge on any atom is 0.243 e. The minimum atomic E-state index is -3.47. The maximum atomic E-state index is 12.0. The van der Waals surface area contributed by atoms with Crippen LogP contribution in [0.25, 0.3) is 0 Å². The lowest BCUT2D eigenvalue weighted by Gasteiger charge is -2.12. The first-order valence-electron chi connectivity index (χ1n) is 7.11. The van der Waals surface area contributed by atoms with Gasteiger partial charge in [0.25, 0.3) is 0 Å². The second-order valence-corrected chi connectivity index (χ2v) is 8.29. The molecule has 2 aromatic carbocycles. The quantitative estimate of drug-likeness (QED) is 0.765. The monoisotopic (exact) mass is 411 g/mol. The van der Waals surface area contributed by atoms with Crippen LogP contribution in [0.4, 0.5) is 11.4 Å². The highest BCUT2D eigenvalue weighted by molar-refractivity contribution is 9.10. The number of rotatable bonds is 6. The van der Waals surface area contributed by atoms with E-state index >= 15 is 0 Å². The van der Waals surface area contributed by atoms with E-state index in [2.05, 4.69) is 26.6 Å². The largest absolute Gasteiger partial charge is 0.376 e. The van der Waals surface area contributed by atoms with Gasteiger partial charge in [-0.1, -0.05) is 22.0 Å². The number of benzene rings is 2. The first-order chi connectivity index (χ1) is 11.3. The third-order valence-corrected chi connectivity index (χ3v) is 5.52. The summed E-state index contributed by atoms with van der Waals surface area (Å²) in [7, 11) is -0.527. The zero-order chi connectivity index (χ0) is 17.7. The summed E-state index contributed by atoms with van der Waals surface area (Å²) in [5.41, 5.74) is 1.36. The molecule has 0 saturated heterocycles. The summed E-state index contributed by atoms with van der Waals surface area (Å²) in [6, 6.07) is 13.6. The smallest absolute Gasteiger partial charge is 0.243 e. The van der Waals surface area contributed by atoms with Gasteiger partial charge in [-0.25, -0.2) is 12.7 Å². The summed E-state index contributed by atoms with van der Waals surface area (Å²) in [5.74, 6) is -0.224. The summed E-state index contributed by atoms with van der Waals surface area (Å²) in [5, 5.41) is 5.72. The Hall–Kier alpha value is -1.90. The zero-order valence-electron chi connectivity index (χ0n) is 13.3. The molecule has 6 nitrogen and oxygen atoms in total. The molecule has 8 heteroatoms. The van der Waals surface area contributed by atoms with Crippen molar-refractivity contribution in [3.8, 4) is 0 Å². The molecule has 2 rings (SSSR count). The zero-order valence-corrected chi connectivity index (χ0v) is 15.7. The lowest BCUT2D eigenvalue weighted by Crippen LogP contribution is -2.23. The van der Waals surface area contributed by atoms with Gasteiger partial charge in [0, 0.05) is 29.9 Å². The Morgan fingerprint density at radius 2 is 1.75 bits per heavy atom. The first-order valence-corrected chi connectivity index (χ1v) is 9.34. The summed E-state index contributed by atoms with van der Waals surface area (Å²) in [6.45, 7) is 0.105. The number of nitrogens with zero attached hydrogens (tertiary/aromatic N) is 1. The third kappa shape index (κ3) is 4.80. The number of hydrogen-bond donors (Lipinski definition) is 2. The van der Waals surface area contributed by atoms with Crippen LogP contribution in [0.5, 0.6) is 0 Å². The average molecular weight is 412 g/mol. The van der Waals surface area contributed by atoms with Gasteiger partial charge in [0.1, 0.15) is 0 Å². The van der Waals surface area contributed by atoms with Crippen LogP contribution in [0, 0.1) is 0 Å². The van der Waals surface area contributed by atoms with Crippen LogP contribution in [-0.2, 0) is 14.8 Å². The molecule has 0 saturated carbocycles. The molecule has 0 fully saturated rings. The van der Waals surface area contributed by atoms with Gasteiger partial charge in [0.15, 0.2) is 0 Å². The number of sulfonamides is 1. The number of halogens is 1. The highest BCUT2D eigenvalue weighted by Crippen LogP contribution is 2.17. The van der Waals surface area contributed by atoms with E-state index in [9.17, 15) is 13.2 Å². The van der Waals surface area contributed by atoms with Gasteiger partial charge in [-0.2, -0.15) is 0 Å². The van der Waals surface area contributed by atoms with E-state index in [1.54, 1.807) is 12.1 Å². The molecule has 2 N–H and O–H groups in total. The number of hydrogen-bond acceptors (Lipinski definition) is 4. The molecule has 24 heavy (non-hydrogen) atoms. The molecule has 128 valence electrons. The van der Waals surface area contributed by atoms with Crippen LogP contribution < -0.4 is 10.6 Å². The lowest BCUT2D eigenvalue weighted by atomic mass is 10.3. The van der Waals surface area contributed by atoms with E-state index in [0.29, 0.717) is 5.69 Å². The first kappa shape index (κ1) is 18.4. The number of nitrogens with one attached hydrogen (secondary N) is 2. The Bertz CT molecular complexity index is 821. The molecule has 0 heterocycles. The van der Waals surface area contributed by atoms with Crippen molar-refractivity contribution in [1.82, 2.24) is 4.31 Å². The third-order valence-electron chi connectivity index (χ3n) is 3.19. The highest BCUT2D eigenvalue weighted by Gasteiger charge is 2.16. The number of carbonyl (C=O) groups excluding carboxylic acids is 1. The van der Waals surface area contributed by atoms with Gasteiger partial charge in [0.2, 0.25) is 15.9 Å². The predicted molar refractivity (Wildman–Crippen MR) is 98.6 cm³/mol.